The number of hydrogen-bond acceptors (Lipinski definition) is 3. The molecular formula is C16H22N5O2. The second-order valence-electron chi connectivity index (χ2n) is 6.03. The van der Waals surface area contributed by atoms with E-state index in [4.69, 9.17) is 0 Å². The SMILES string of the molecule is Cc1ccc(C(=O)N2CC[C@@H](NC(=O)N3CC[N]CC3)C2)cn1. The van der Waals surface area contributed by atoms with Crippen molar-refractivity contribution in [1.82, 2.24) is 25.4 Å². The number of nitrogens with one attached hydrogen (secondary N) is 1. The topological polar surface area (TPSA) is 79.6 Å². The van der Waals surface area contributed by atoms with Gasteiger partial charge in [0.05, 0.1) is 5.56 Å². The van der Waals surface area contributed by atoms with E-state index in [0.29, 0.717) is 44.8 Å². The monoisotopic (exact) mass is 316 g/mol. The Morgan fingerprint density at radius 3 is 2.65 bits per heavy atom. The standard InChI is InChI=1S/C16H22N5O2/c1-12-2-3-13(10-18-12)15(22)21-7-4-14(11-21)19-16(23)20-8-5-17-6-9-20/h2-3,10,14H,4-9,11H2,1H3,(H,19,23)/t14-/m1/s1. The fourth-order valence-corrected chi connectivity index (χ4v) is 2.91. The highest BCUT2D eigenvalue weighted by Crippen LogP contribution is 2.14. The molecule has 1 radical (unpaired) electrons. The summed E-state index contributed by atoms with van der Waals surface area (Å²) in [6, 6.07) is 3.61. The van der Waals surface area contributed by atoms with Crippen molar-refractivity contribution in [2.24, 2.45) is 0 Å². The van der Waals surface area contributed by atoms with Gasteiger partial charge in [-0.2, -0.15) is 0 Å². The summed E-state index contributed by atoms with van der Waals surface area (Å²) in [7, 11) is 0. The molecule has 3 amide bonds. The number of aromatic nitrogens is 1. The van der Waals surface area contributed by atoms with Gasteiger partial charge in [0.1, 0.15) is 0 Å². The van der Waals surface area contributed by atoms with Crippen molar-refractivity contribution in [2.45, 2.75) is 19.4 Å². The lowest BCUT2D eigenvalue weighted by Crippen LogP contribution is -2.51. The minimum atomic E-state index is -0.0452. The summed E-state index contributed by atoms with van der Waals surface area (Å²) in [6.07, 6.45) is 2.40. The van der Waals surface area contributed by atoms with E-state index in [1.165, 1.54) is 0 Å². The number of amides is 3. The second-order valence-corrected chi connectivity index (χ2v) is 6.03. The molecule has 0 saturated carbocycles. The largest absolute Gasteiger partial charge is 0.336 e. The quantitative estimate of drug-likeness (QED) is 0.848. The first-order valence-electron chi connectivity index (χ1n) is 8.04. The lowest BCUT2D eigenvalue weighted by Gasteiger charge is -2.28. The summed E-state index contributed by atoms with van der Waals surface area (Å²) in [5, 5.41) is 7.27. The van der Waals surface area contributed by atoms with Gasteiger partial charge in [-0.1, -0.05) is 0 Å². The third-order valence-electron chi connectivity index (χ3n) is 4.30. The van der Waals surface area contributed by atoms with E-state index in [1.54, 1.807) is 22.1 Å². The molecule has 3 heterocycles. The van der Waals surface area contributed by atoms with Gasteiger partial charge >= 0.3 is 6.03 Å². The predicted molar refractivity (Wildman–Crippen MR) is 85.3 cm³/mol. The van der Waals surface area contributed by atoms with Gasteiger partial charge in [-0.15, -0.1) is 0 Å². The lowest BCUT2D eigenvalue weighted by molar-refractivity contribution is 0.0788. The Bertz CT molecular complexity index is 568. The Morgan fingerprint density at radius 2 is 1.96 bits per heavy atom. The maximum Gasteiger partial charge on any atom is 0.317 e. The molecule has 0 aliphatic carbocycles. The van der Waals surface area contributed by atoms with Crippen LogP contribution in [0.4, 0.5) is 4.79 Å². The van der Waals surface area contributed by atoms with Gasteiger partial charge in [0.25, 0.3) is 5.91 Å². The molecule has 2 saturated heterocycles. The molecule has 7 nitrogen and oxygen atoms in total. The van der Waals surface area contributed by atoms with E-state index in [0.717, 1.165) is 12.1 Å². The molecule has 1 aromatic heterocycles. The van der Waals surface area contributed by atoms with Gasteiger partial charge in [-0.3, -0.25) is 9.78 Å². The molecule has 2 aliphatic rings. The highest BCUT2D eigenvalue weighted by molar-refractivity contribution is 5.94. The maximum absolute atomic E-state index is 12.4. The fourth-order valence-electron chi connectivity index (χ4n) is 2.91. The summed E-state index contributed by atoms with van der Waals surface area (Å²) >= 11 is 0. The molecule has 0 spiro atoms. The summed E-state index contributed by atoms with van der Waals surface area (Å²) in [5.41, 5.74) is 1.49. The molecule has 0 unspecified atom stereocenters. The van der Waals surface area contributed by atoms with Gasteiger partial charge < -0.3 is 15.1 Å². The third kappa shape index (κ3) is 3.79. The van der Waals surface area contributed by atoms with E-state index in [2.05, 4.69) is 15.6 Å². The van der Waals surface area contributed by atoms with Crippen LogP contribution in [-0.4, -0.2) is 72.0 Å². The average Bonchev–Trinajstić information content (AvgIpc) is 3.04. The Hall–Kier alpha value is -2.15. The molecule has 0 aromatic carbocycles. The number of nitrogens with zero attached hydrogens (tertiary/aromatic N) is 4. The van der Waals surface area contributed by atoms with Crippen molar-refractivity contribution in [3.8, 4) is 0 Å². The molecule has 2 aliphatic heterocycles. The van der Waals surface area contributed by atoms with Gasteiger partial charge in [0.15, 0.2) is 0 Å². The number of carbonyl (C=O) groups excluding carboxylic acids is 2. The predicted octanol–water partition coefficient (Wildman–Crippen LogP) is 0.234. The normalized spacial score (nSPS) is 21.3. The van der Waals surface area contributed by atoms with Crippen LogP contribution in [0.5, 0.6) is 0 Å². The summed E-state index contributed by atoms with van der Waals surface area (Å²) in [4.78, 5) is 32.4. The number of urea groups is 1. The van der Waals surface area contributed by atoms with Crippen molar-refractivity contribution >= 4 is 11.9 Å². The number of rotatable bonds is 2. The molecule has 2 fully saturated rings. The van der Waals surface area contributed by atoms with Crippen LogP contribution in [0.25, 0.3) is 0 Å². The van der Waals surface area contributed by atoms with Crippen LogP contribution in [0.3, 0.4) is 0 Å². The summed E-state index contributed by atoms with van der Waals surface area (Å²) in [5.74, 6) is -0.0222. The number of aryl methyl sites for hydroxylation is 1. The van der Waals surface area contributed by atoms with Gasteiger partial charge in [-0.05, 0) is 25.5 Å². The van der Waals surface area contributed by atoms with Crippen LogP contribution in [0, 0.1) is 6.92 Å². The minimum absolute atomic E-state index is 0.0173. The molecule has 123 valence electrons. The number of piperazine rings is 1. The molecule has 0 bridgehead atoms. The summed E-state index contributed by atoms with van der Waals surface area (Å²) < 4.78 is 0. The highest BCUT2D eigenvalue weighted by Gasteiger charge is 2.29. The molecule has 7 heteroatoms. The van der Waals surface area contributed by atoms with Crippen LogP contribution in [0.2, 0.25) is 0 Å². The zero-order valence-electron chi connectivity index (χ0n) is 13.4. The van der Waals surface area contributed by atoms with Crippen molar-refractivity contribution < 1.29 is 9.59 Å². The van der Waals surface area contributed by atoms with Crippen LogP contribution >= 0.6 is 0 Å². The fraction of sp³-hybridized carbons (Fsp3) is 0.562. The van der Waals surface area contributed by atoms with Crippen LogP contribution in [-0.2, 0) is 0 Å². The van der Waals surface area contributed by atoms with E-state index in [-0.39, 0.29) is 18.0 Å². The smallest absolute Gasteiger partial charge is 0.317 e. The Morgan fingerprint density at radius 1 is 1.17 bits per heavy atom. The molecule has 23 heavy (non-hydrogen) atoms. The molecule has 3 rings (SSSR count). The van der Waals surface area contributed by atoms with Crippen molar-refractivity contribution in [1.29, 1.82) is 0 Å². The first kappa shape index (κ1) is 15.7. The van der Waals surface area contributed by atoms with E-state index < -0.39 is 0 Å². The zero-order valence-corrected chi connectivity index (χ0v) is 13.4. The van der Waals surface area contributed by atoms with E-state index in [9.17, 15) is 9.59 Å². The zero-order chi connectivity index (χ0) is 16.2. The van der Waals surface area contributed by atoms with Crippen LogP contribution in [0.1, 0.15) is 22.5 Å². The second kappa shape index (κ2) is 6.95. The Labute approximate surface area is 136 Å². The first-order valence-corrected chi connectivity index (χ1v) is 8.04. The van der Waals surface area contributed by atoms with Gasteiger partial charge in [0.2, 0.25) is 0 Å². The van der Waals surface area contributed by atoms with Crippen molar-refractivity contribution in [3.05, 3.63) is 29.6 Å². The third-order valence-corrected chi connectivity index (χ3v) is 4.30. The number of carbonyl (C=O) groups is 2. The lowest BCUT2D eigenvalue weighted by atomic mass is 10.2. The van der Waals surface area contributed by atoms with Crippen molar-refractivity contribution in [3.63, 3.8) is 0 Å². The Kier molecular flexibility index (Phi) is 4.76. The average molecular weight is 316 g/mol. The van der Waals surface area contributed by atoms with E-state index in [1.807, 2.05) is 13.0 Å². The van der Waals surface area contributed by atoms with Gasteiger partial charge in [0, 0.05) is 57.2 Å². The number of hydrogen-bond donors (Lipinski definition) is 1. The number of pyridine rings is 1. The molecule has 1 N–H and O–H groups in total. The first-order chi connectivity index (χ1) is 11.1. The summed E-state index contributed by atoms with van der Waals surface area (Å²) in [6.45, 7) is 5.88. The van der Waals surface area contributed by atoms with Gasteiger partial charge in [-0.25, -0.2) is 10.1 Å². The molecular weight excluding hydrogens is 294 g/mol. The Balaban J connectivity index is 1.52. The van der Waals surface area contributed by atoms with Crippen LogP contribution in [0.15, 0.2) is 18.3 Å². The minimum Gasteiger partial charge on any atom is -0.336 e. The maximum atomic E-state index is 12.4. The molecule has 1 atom stereocenters. The highest BCUT2D eigenvalue weighted by atomic mass is 16.2. The van der Waals surface area contributed by atoms with E-state index >= 15 is 0 Å². The molecule has 1 aromatic rings. The van der Waals surface area contributed by atoms with Crippen LogP contribution < -0.4 is 10.6 Å². The number of likely N-dealkylation sites (tertiary alicyclic amines) is 1. The van der Waals surface area contributed by atoms with Crippen molar-refractivity contribution in [2.75, 3.05) is 39.3 Å².